The van der Waals surface area contributed by atoms with Crippen molar-refractivity contribution in [1.29, 1.82) is 0 Å². The number of benzene rings is 2. The molecule has 2 aromatic heterocycles. The second-order valence-corrected chi connectivity index (χ2v) is 7.76. The van der Waals surface area contributed by atoms with Gasteiger partial charge in [-0.15, -0.1) is 0 Å². The van der Waals surface area contributed by atoms with Crippen LogP contribution in [0, 0.1) is 13.8 Å². The average molecular weight is 389 g/mol. The lowest BCUT2D eigenvalue weighted by atomic mass is 10.1. The molecule has 1 N–H and O–H groups in total. The number of aryl methyl sites for hydroxylation is 2. The first-order valence-corrected chi connectivity index (χ1v) is 9.75. The maximum atomic E-state index is 12.9. The molecule has 5 nitrogen and oxygen atoms in total. The summed E-state index contributed by atoms with van der Waals surface area (Å²) in [5, 5.41) is 3.24. The quantitative estimate of drug-likeness (QED) is 0.563. The Morgan fingerprint density at radius 2 is 1.93 bits per heavy atom. The van der Waals surface area contributed by atoms with E-state index in [0.717, 1.165) is 26.9 Å². The first kappa shape index (κ1) is 18.1. The first-order valence-electron chi connectivity index (χ1n) is 8.94. The number of rotatable bonds is 4. The fourth-order valence-corrected chi connectivity index (χ4v) is 3.94. The summed E-state index contributed by atoms with van der Waals surface area (Å²) in [6, 6.07) is 17.1. The van der Waals surface area contributed by atoms with Gasteiger partial charge in [-0.3, -0.25) is 14.9 Å². The van der Waals surface area contributed by atoms with Crippen molar-refractivity contribution < 1.29 is 4.79 Å². The summed E-state index contributed by atoms with van der Waals surface area (Å²) >= 11 is 1.38. The Morgan fingerprint density at radius 3 is 2.75 bits per heavy atom. The Kier molecular flexibility index (Phi) is 4.79. The molecule has 140 valence electrons. The van der Waals surface area contributed by atoms with E-state index >= 15 is 0 Å². The van der Waals surface area contributed by atoms with Gasteiger partial charge in [-0.25, -0.2) is 4.98 Å². The fourth-order valence-electron chi connectivity index (χ4n) is 3.08. The first-order chi connectivity index (χ1) is 13.5. The normalized spacial score (nSPS) is 10.9. The van der Waals surface area contributed by atoms with Gasteiger partial charge in [-0.1, -0.05) is 47.2 Å². The number of pyridine rings is 1. The van der Waals surface area contributed by atoms with Crippen LogP contribution in [-0.2, 0) is 6.54 Å². The number of hydrogen-bond donors (Lipinski definition) is 1. The van der Waals surface area contributed by atoms with Gasteiger partial charge in [0.25, 0.3) is 11.5 Å². The van der Waals surface area contributed by atoms with Crippen LogP contribution in [0.25, 0.3) is 10.2 Å². The Hall–Kier alpha value is -3.25. The summed E-state index contributed by atoms with van der Waals surface area (Å²) < 4.78 is 2.55. The van der Waals surface area contributed by atoms with Crippen molar-refractivity contribution in [2.75, 3.05) is 5.32 Å². The Labute approximate surface area is 166 Å². The second kappa shape index (κ2) is 7.40. The zero-order chi connectivity index (χ0) is 19.7. The molecule has 0 fully saturated rings. The summed E-state index contributed by atoms with van der Waals surface area (Å²) in [5.74, 6) is -0.445. The van der Waals surface area contributed by atoms with Crippen LogP contribution < -0.4 is 10.9 Å². The van der Waals surface area contributed by atoms with Gasteiger partial charge in [0.1, 0.15) is 5.56 Å². The lowest BCUT2D eigenvalue weighted by Gasteiger charge is -2.11. The Balaban J connectivity index is 1.61. The maximum absolute atomic E-state index is 12.9. The van der Waals surface area contributed by atoms with Crippen molar-refractivity contribution in [3.63, 3.8) is 0 Å². The fraction of sp³-hybridized carbons (Fsp3) is 0.136. The molecular formula is C22H19N3O2S. The van der Waals surface area contributed by atoms with Crippen molar-refractivity contribution in [2.24, 2.45) is 0 Å². The summed E-state index contributed by atoms with van der Waals surface area (Å²) in [6.07, 6.45) is 1.71. The smallest absolute Gasteiger partial charge is 0.263 e. The van der Waals surface area contributed by atoms with Crippen LogP contribution in [0.3, 0.4) is 0 Å². The SMILES string of the molecule is Cc1ccc(C)c(Cn2cccc(C(=O)Nc3nc4ccccc4s3)c2=O)c1. The lowest BCUT2D eigenvalue weighted by molar-refractivity contribution is 0.102. The molecule has 6 heteroatoms. The van der Waals surface area contributed by atoms with Gasteiger partial charge in [0, 0.05) is 6.20 Å². The van der Waals surface area contributed by atoms with Gasteiger partial charge >= 0.3 is 0 Å². The summed E-state index contributed by atoms with van der Waals surface area (Å²) in [7, 11) is 0. The highest BCUT2D eigenvalue weighted by Crippen LogP contribution is 2.25. The molecule has 0 radical (unpaired) electrons. The van der Waals surface area contributed by atoms with Gasteiger partial charge in [0.15, 0.2) is 5.13 Å². The highest BCUT2D eigenvalue weighted by atomic mass is 32.1. The molecular weight excluding hydrogens is 370 g/mol. The van der Waals surface area contributed by atoms with E-state index in [1.165, 1.54) is 11.3 Å². The number of fused-ring (bicyclic) bond motifs is 1. The van der Waals surface area contributed by atoms with Gasteiger partial charge in [-0.05, 0) is 49.2 Å². The number of nitrogens with zero attached hydrogens (tertiary/aromatic N) is 2. The molecule has 0 bridgehead atoms. The molecule has 0 aliphatic rings. The van der Waals surface area contributed by atoms with Gasteiger partial charge in [0.05, 0.1) is 16.8 Å². The molecule has 4 rings (SSSR count). The Morgan fingerprint density at radius 1 is 1.11 bits per heavy atom. The minimum atomic E-state index is -0.445. The molecule has 0 aliphatic heterocycles. The monoisotopic (exact) mass is 389 g/mol. The number of aromatic nitrogens is 2. The number of nitrogens with one attached hydrogen (secondary N) is 1. The van der Waals surface area contributed by atoms with Crippen molar-refractivity contribution in [2.45, 2.75) is 20.4 Å². The van der Waals surface area contributed by atoms with E-state index in [1.807, 2.05) is 50.2 Å². The molecule has 1 amide bonds. The van der Waals surface area contributed by atoms with E-state index in [-0.39, 0.29) is 11.1 Å². The molecule has 0 saturated carbocycles. The van der Waals surface area contributed by atoms with Gasteiger partial charge in [0.2, 0.25) is 0 Å². The molecule has 0 spiro atoms. The number of carbonyl (C=O) groups is 1. The summed E-state index contributed by atoms with van der Waals surface area (Å²) in [5.41, 5.74) is 3.92. The van der Waals surface area contributed by atoms with Crippen molar-refractivity contribution in [1.82, 2.24) is 9.55 Å². The standard InChI is InChI=1S/C22H19N3O2S/c1-14-9-10-15(2)16(12-14)13-25-11-5-6-17(21(25)27)20(26)24-22-23-18-7-3-4-8-19(18)28-22/h3-12H,13H2,1-2H3,(H,23,24,26). The largest absolute Gasteiger partial charge is 0.310 e. The van der Waals surface area contributed by atoms with E-state index in [2.05, 4.69) is 16.4 Å². The molecule has 0 saturated heterocycles. The molecule has 0 atom stereocenters. The zero-order valence-electron chi connectivity index (χ0n) is 15.6. The minimum absolute atomic E-state index is 0.104. The number of para-hydroxylation sites is 1. The summed E-state index contributed by atoms with van der Waals surface area (Å²) in [4.78, 5) is 29.9. The molecule has 0 aliphatic carbocycles. The Bertz CT molecular complexity index is 1210. The maximum Gasteiger partial charge on any atom is 0.263 e. The van der Waals surface area contributed by atoms with Gasteiger partial charge in [-0.2, -0.15) is 0 Å². The number of anilines is 1. The van der Waals surface area contributed by atoms with Crippen molar-refractivity contribution >= 4 is 32.6 Å². The third kappa shape index (κ3) is 3.59. The van der Waals surface area contributed by atoms with Crippen LogP contribution in [0.2, 0.25) is 0 Å². The number of hydrogen-bond acceptors (Lipinski definition) is 4. The third-order valence-electron chi connectivity index (χ3n) is 4.62. The van der Waals surface area contributed by atoms with Crippen LogP contribution in [0.5, 0.6) is 0 Å². The molecule has 2 aromatic carbocycles. The van der Waals surface area contributed by atoms with E-state index in [4.69, 9.17) is 0 Å². The van der Waals surface area contributed by atoms with Crippen molar-refractivity contribution in [3.8, 4) is 0 Å². The highest BCUT2D eigenvalue weighted by molar-refractivity contribution is 7.22. The van der Waals surface area contributed by atoms with Crippen LogP contribution in [0.15, 0.2) is 65.6 Å². The minimum Gasteiger partial charge on any atom is -0.310 e. The second-order valence-electron chi connectivity index (χ2n) is 6.73. The van der Waals surface area contributed by atoms with Crippen LogP contribution >= 0.6 is 11.3 Å². The van der Waals surface area contributed by atoms with Crippen LogP contribution in [-0.4, -0.2) is 15.5 Å². The third-order valence-corrected chi connectivity index (χ3v) is 5.58. The molecule has 0 unspecified atom stereocenters. The van der Waals surface area contributed by atoms with Crippen LogP contribution in [0.4, 0.5) is 5.13 Å². The van der Waals surface area contributed by atoms with Gasteiger partial charge < -0.3 is 4.57 Å². The molecule has 28 heavy (non-hydrogen) atoms. The predicted molar refractivity (Wildman–Crippen MR) is 113 cm³/mol. The molecule has 4 aromatic rings. The predicted octanol–water partition coefficient (Wildman–Crippen LogP) is 4.38. The summed E-state index contributed by atoms with van der Waals surface area (Å²) in [6.45, 7) is 4.46. The van der Waals surface area contributed by atoms with E-state index in [9.17, 15) is 9.59 Å². The van der Waals surface area contributed by atoms with Crippen molar-refractivity contribution in [3.05, 3.63) is 93.4 Å². The van der Waals surface area contributed by atoms with E-state index in [1.54, 1.807) is 22.9 Å². The number of amides is 1. The van der Waals surface area contributed by atoms with E-state index in [0.29, 0.717) is 11.7 Å². The van der Waals surface area contributed by atoms with E-state index < -0.39 is 5.91 Å². The number of thiazole rings is 1. The average Bonchev–Trinajstić information content (AvgIpc) is 3.08. The van der Waals surface area contributed by atoms with Crippen LogP contribution in [0.1, 0.15) is 27.0 Å². The zero-order valence-corrected chi connectivity index (χ0v) is 16.4. The molecule has 2 heterocycles. The number of carbonyl (C=O) groups excluding carboxylic acids is 1. The topological polar surface area (TPSA) is 64.0 Å². The highest BCUT2D eigenvalue weighted by Gasteiger charge is 2.15. The lowest BCUT2D eigenvalue weighted by Crippen LogP contribution is -2.29.